The second-order valence-electron chi connectivity index (χ2n) is 4.70. The van der Waals surface area contributed by atoms with Gasteiger partial charge in [0.05, 0.1) is 0 Å². The third kappa shape index (κ3) is 1.26. The van der Waals surface area contributed by atoms with E-state index in [0.29, 0.717) is 0 Å². The Labute approximate surface area is 91.0 Å². The van der Waals surface area contributed by atoms with Gasteiger partial charge in [-0.15, -0.1) is 0 Å². The van der Waals surface area contributed by atoms with Crippen molar-refractivity contribution in [3.63, 3.8) is 0 Å². The molecule has 0 heterocycles. The van der Waals surface area contributed by atoms with E-state index in [1.807, 2.05) is 0 Å². The van der Waals surface area contributed by atoms with Crippen LogP contribution in [0.1, 0.15) is 44.9 Å². The lowest BCUT2D eigenvalue weighted by atomic mass is 9.73. The summed E-state index contributed by atoms with van der Waals surface area (Å²) in [5.74, 6) is 0. The van der Waals surface area contributed by atoms with Crippen LogP contribution in [0.15, 0.2) is 0 Å². The van der Waals surface area contributed by atoms with Crippen LogP contribution in [0, 0.1) is 5.41 Å². The summed E-state index contributed by atoms with van der Waals surface area (Å²) in [6.45, 7) is 0. The Kier molecular flexibility index (Phi) is 2.43. The van der Waals surface area contributed by atoms with E-state index >= 15 is 0 Å². The zero-order chi connectivity index (χ0) is 10.4. The smallest absolute Gasteiger partial charge is 0.329 e. The third-order valence-corrected chi connectivity index (χ3v) is 4.76. The van der Waals surface area contributed by atoms with Gasteiger partial charge in [-0.05, 0) is 48.0 Å². The van der Waals surface area contributed by atoms with Crippen LogP contribution in [-0.4, -0.2) is 15.5 Å². The van der Waals surface area contributed by atoms with Crippen LogP contribution in [0.2, 0.25) is 0 Å². The van der Waals surface area contributed by atoms with E-state index in [2.05, 4.69) is 15.9 Å². The maximum absolute atomic E-state index is 13.4. The maximum atomic E-state index is 13.4. The minimum absolute atomic E-state index is 0.227. The highest BCUT2D eigenvalue weighted by Gasteiger charge is 2.66. The standard InChI is InChI=1S/C10H15BrF2O/c11-10(12,13)9(14)7-3-6-8(9)4-1-2-5-8/h14H,1-7H2. The van der Waals surface area contributed by atoms with Gasteiger partial charge in [-0.3, -0.25) is 0 Å². The van der Waals surface area contributed by atoms with E-state index < -0.39 is 15.8 Å². The molecule has 2 saturated carbocycles. The molecule has 2 fully saturated rings. The Balaban J connectivity index is 2.33. The zero-order valence-corrected chi connectivity index (χ0v) is 9.62. The quantitative estimate of drug-likeness (QED) is 0.723. The molecule has 2 rings (SSSR count). The van der Waals surface area contributed by atoms with E-state index in [-0.39, 0.29) is 6.42 Å². The maximum Gasteiger partial charge on any atom is 0.329 e. The lowest BCUT2D eigenvalue weighted by molar-refractivity contribution is -0.173. The van der Waals surface area contributed by atoms with E-state index in [9.17, 15) is 13.9 Å². The fourth-order valence-electron chi connectivity index (χ4n) is 3.31. The molecule has 1 spiro atoms. The fraction of sp³-hybridized carbons (Fsp3) is 1.00. The molecule has 0 aromatic carbocycles. The van der Waals surface area contributed by atoms with Crippen LogP contribution in [-0.2, 0) is 0 Å². The second kappa shape index (κ2) is 3.14. The van der Waals surface area contributed by atoms with E-state index in [1.165, 1.54) is 0 Å². The summed E-state index contributed by atoms with van der Waals surface area (Å²) in [6.07, 6.45) is 5.17. The van der Waals surface area contributed by atoms with Gasteiger partial charge in [0.1, 0.15) is 5.60 Å². The summed E-state index contributed by atoms with van der Waals surface area (Å²) < 4.78 is 26.8. The van der Waals surface area contributed by atoms with Gasteiger partial charge in [-0.1, -0.05) is 12.8 Å². The van der Waals surface area contributed by atoms with Crippen molar-refractivity contribution in [3.8, 4) is 0 Å². The molecule has 0 aromatic rings. The second-order valence-corrected chi connectivity index (χ2v) is 5.69. The number of hydrogen-bond acceptors (Lipinski definition) is 1. The molecule has 4 heteroatoms. The van der Waals surface area contributed by atoms with Crippen LogP contribution in [0.3, 0.4) is 0 Å². The topological polar surface area (TPSA) is 20.2 Å². The summed E-state index contributed by atoms with van der Waals surface area (Å²) in [6, 6.07) is 0. The highest BCUT2D eigenvalue weighted by Crippen LogP contribution is 2.62. The van der Waals surface area contributed by atoms with Crippen LogP contribution < -0.4 is 0 Å². The average Bonchev–Trinajstić information content (AvgIpc) is 2.62. The van der Waals surface area contributed by atoms with Gasteiger partial charge in [-0.2, -0.15) is 8.78 Å². The Bertz CT molecular complexity index is 227. The first kappa shape index (κ1) is 10.8. The Morgan fingerprint density at radius 3 is 2.00 bits per heavy atom. The van der Waals surface area contributed by atoms with Crippen LogP contribution >= 0.6 is 15.9 Å². The van der Waals surface area contributed by atoms with E-state index in [0.717, 1.165) is 38.5 Å². The van der Waals surface area contributed by atoms with Gasteiger partial charge in [0.25, 0.3) is 0 Å². The lowest BCUT2D eigenvalue weighted by Gasteiger charge is -2.42. The summed E-state index contributed by atoms with van der Waals surface area (Å²) in [5, 5.41) is 10.2. The molecule has 0 bridgehead atoms. The largest absolute Gasteiger partial charge is 0.382 e. The van der Waals surface area contributed by atoms with Crippen molar-refractivity contribution in [2.24, 2.45) is 5.41 Å². The Morgan fingerprint density at radius 1 is 1.00 bits per heavy atom. The monoisotopic (exact) mass is 268 g/mol. The minimum Gasteiger partial charge on any atom is -0.382 e. The minimum atomic E-state index is -3.14. The van der Waals surface area contributed by atoms with Gasteiger partial charge in [0.15, 0.2) is 0 Å². The van der Waals surface area contributed by atoms with Crippen molar-refractivity contribution in [3.05, 3.63) is 0 Å². The van der Waals surface area contributed by atoms with Crippen LogP contribution in [0.4, 0.5) is 8.78 Å². The van der Waals surface area contributed by atoms with Gasteiger partial charge < -0.3 is 5.11 Å². The number of hydrogen-bond donors (Lipinski definition) is 1. The fourth-order valence-corrected chi connectivity index (χ4v) is 3.93. The van der Waals surface area contributed by atoms with Crippen molar-refractivity contribution in [2.45, 2.75) is 55.4 Å². The first-order valence-electron chi connectivity index (χ1n) is 5.20. The number of halogens is 3. The molecule has 1 unspecified atom stereocenters. The molecule has 1 nitrogen and oxygen atoms in total. The van der Waals surface area contributed by atoms with Gasteiger partial charge >= 0.3 is 4.83 Å². The first-order valence-corrected chi connectivity index (χ1v) is 6.00. The predicted octanol–water partition coefficient (Wildman–Crippen LogP) is 3.45. The van der Waals surface area contributed by atoms with Crippen molar-refractivity contribution in [1.29, 1.82) is 0 Å². The molecule has 0 amide bonds. The molecule has 2 aliphatic rings. The molecule has 0 aromatic heterocycles. The number of rotatable bonds is 1. The van der Waals surface area contributed by atoms with E-state index in [4.69, 9.17) is 0 Å². The van der Waals surface area contributed by atoms with Gasteiger partial charge in [0.2, 0.25) is 0 Å². The highest BCUT2D eigenvalue weighted by molar-refractivity contribution is 9.10. The molecule has 1 N–H and O–H groups in total. The Hall–Kier alpha value is 0.300. The van der Waals surface area contributed by atoms with Crippen molar-refractivity contribution in [1.82, 2.24) is 0 Å². The van der Waals surface area contributed by atoms with Crippen LogP contribution in [0.5, 0.6) is 0 Å². The Morgan fingerprint density at radius 2 is 1.50 bits per heavy atom. The van der Waals surface area contributed by atoms with Gasteiger partial charge in [0, 0.05) is 5.41 Å². The molecular weight excluding hydrogens is 254 g/mol. The third-order valence-electron chi connectivity index (χ3n) is 4.10. The molecule has 1 atom stereocenters. The van der Waals surface area contributed by atoms with E-state index in [1.54, 1.807) is 0 Å². The SMILES string of the molecule is OC1(C(F)(F)Br)CCCC12CCCC2. The summed E-state index contributed by atoms with van der Waals surface area (Å²) in [4.78, 5) is -3.14. The van der Waals surface area contributed by atoms with Crippen molar-refractivity contribution >= 4 is 15.9 Å². The number of aliphatic hydroxyl groups is 1. The zero-order valence-electron chi connectivity index (χ0n) is 8.03. The van der Waals surface area contributed by atoms with Gasteiger partial charge in [-0.25, -0.2) is 0 Å². The molecule has 82 valence electrons. The first-order chi connectivity index (χ1) is 6.41. The highest BCUT2D eigenvalue weighted by atomic mass is 79.9. The van der Waals surface area contributed by atoms with Crippen molar-refractivity contribution < 1.29 is 13.9 Å². The molecule has 0 saturated heterocycles. The average molecular weight is 269 g/mol. The normalized spacial score (nSPS) is 36.9. The summed E-state index contributed by atoms with van der Waals surface area (Å²) in [5.41, 5.74) is -2.32. The molecular formula is C10H15BrF2O. The molecule has 2 aliphatic carbocycles. The molecule has 14 heavy (non-hydrogen) atoms. The summed E-state index contributed by atoms with van der Waals surface area (Å²) in [7, 11) is 0. The van der Waals surface area contributed by atoms with Crippen LogP contribution in [0.25, 0.3) is 0 Å². The number of alkyl halides is 3. The molecule has 0 aliphatic heterocycles. The summed E-state index contributed by atoms with van der Waals surface area (Å²) >= 11 is 2.36. The predicted molar refractivity (Wildman–Crippen MR) is 53.6 cm³/mol. The molecule has 0 radical (unpaired) electrons. The van der Waals surface area contributed by atoms with Crippen molar-refractivity contribution in [2.75, 3.05) is 0 Å². The lowest BCUT2D eigenvalue weighted by Crippen LogP contribution is -2.53.